The van der Waals surface area contributed by atoms with Gasteiger partial charge in [0.25, 0.3) is 5.91 Å². The number of carbonyl (C=O) groups excluding carboxylic acids is 1. The lowest BCUT2D eigenvalue weighted by Gasteiger charge is -2.02. The second-order valence-electron chi connectivity index (χ2n) is 3.43. The lowest BCUT2D eigenvalue weighted by molar-refractivity contribution is 0.0954. The SMILES string of the molecule is O=C(NCCc1ccccn1)c1cc[nH]c1. The predicted molar refractivity (Wildman–Crippen MR) is 61.1 cm³/mol. The van der Waals surface area contributed by atoms with Gasteiger partial charge in [-0.3, -0.25) is 9.78 Å². The molecule has 16 heavy (non-hydrogen) atoms. The highest BCUT2D eigenvalue weighted by Crippen LogP contribution is 1.97. The fourth-order valence-electron chi connectivity index (χ4n) is 1.42. The van der Waals surface area contributed by atoms with Crippen molar-refractivity contribution in [2.45, 2.75) is 6.42 Å². The summed E-state index contributed by atoms with van der Waals surface area (Å²) in [4.78, 5) is 18.6. The molecule has 2 N–H and O–H groups in total. The van der Waals surface area contributed by atoms with Crippen molar-refractivity contribution in [2.75, 3.05) is 6.54 Å². The van der Waals surface area contributed by atoms with Crippen molar-refractivity contribution >= 4 is 5.91 Å². The van der Waals surface area contributed by atoms with Crippen molar-refractivity contribution in [2.24, 2.45) is 0 Å². The lowest BCUT2D eigenvalue weighted by atomic mass is 10.2. The summed E-state index contributed by atoms with van der Waals surface area (Å²) in [6, 6.07) is 7.51. The Kier molecular flexibility index (Phi) is 3.33. The molecular weight excluding hydrogens is 202 g/mol. The Labute approximate surface area is 93.7 Å². The van der Waals surface area contributed by atoms with Crippen LogP contribution in [0.15, 0.2) is 42.9 Å². The third-order valence-corrected chi connectivity index (χ3v) is 2.25. The minimum atomic E-state index is -0.0582. The Morgan fingerprint density at radius 2 is 2.31 bits per heavy atom. The van der Waals surface area contributed by atoms with E-state index in [0.717, 1.165) is 12.1 Å². The second-order valence-corrected chi connectivity index (χ2v) is 3.43. The molecular formula is C12H13N3O. The average molecular weight is 215 g/mol. The molecule has 2 heterocycles. The van der Waals surface area contributed by atoms with Gasteiger partial charge in [0, 0.05) is 37.3 Å². The molecule has 0 aromatic carbocycles. The van der Waals surface area contributed by atoms with Gasteiger partial charge in [-0.05, 0) is 18.2 Å². The normalized spacial score (nSPS) is 10.0. The van der Waals surface area contributed by atoms with Gasteiger partial charge in [-0.1, -0.05) is 6.07 Å². The molecule has 0 bridgehead atoms. The zero-order valence-electron chi connectivity index (χ0n) is 8.81. The van der Waals surface area contributed by atoms with Crippen molar-refractivity contribution in [3.05, 3.63) is 54.1 Å². The van der Waals surface area contributed by atoms with Crippen LogP contribution in [-0.2, 0) is 6.42 Å². The van der Waals surface area contributed by atoms with Gasteiger partial charge in [0.15, 0.2) is 0 Å². The van der Waals surface area contributed by atoms with Gasteiger partial charge < -0.3 is 10.3 Å². The maximum atomic E-state index is 11.5. The number of nitrogens with zero attached hydrogens (tertiary/aromatic N) is 1. The van der Waals surface area contributed by atoms with E-state index in [1.54, 1.807) is 24.7 Å². The molecule has 1 amide bonds. The van der Waals surface area contributed by atoms with Gasteiger partial charge in [-0.25, -0.2) is 0 Å². The second kappa shape index (κ2) is 5.11. The third-order valence-electron chi connectivity index (χ3n) is 2.25. The van der Waals surface area contributed by atoms with Crippen LogP contribution in [0.25, 0.3) is 0 Å². The first kappa shape index (κ1) is 10.4. The molecule has 0 aliphatic carbocycles. The van der Waals surface area contributed by atoms with Crippen LogP contribution in [0.2, 0.25) is 0 Å². The summed E-state index contributed by atoms with van der Waals surface area (Å²) in [6.45, 7) is 0.598. The van der Waals surface area contributed by atoms with E-state index in [1.165, 1.54) is 0 Å². The molecule has 0 saturated heterocycles. The number of H-pyrrole nitrogens is 1. The number of rotatable bonds is 4. The van der Waals surface area contributed by atoms with Crippen molar-refractivity contribution in [1.29, 1.82) is 0 Å². The van der Waals surface area contributed by atoms with E-state index in [2.05, 4.69) is 15.3 Å². The van der Waals surface area contributed by atoms with Gasteiger partial charge in [-0.2, -0.15) is 0 Å². The summed E-state index contributed by atoms with van der Waals surface area (Å²) in [5.41, 5.74) is 1.64. The molecule has 0 atom stereocenters. The molecule has 4 heteroatoms. The van der Waals surface area contributed by atoms with E-state index in [0.29, 0.717) is 12.1 Å². The summed E-state index contributed by atoms with van der Waals surface area (Å²) in [7, 11) is 0. The van der Waals surface area contributed by atoms with Gasteiger partial charge in [-0.15, -0.1) is 0 Å². The molecule has 0 spiro atoms. The Morgan fingerprint density at radius 1 is 1.38 bits per heavy atom. The number of hydrogen-bond donors (Lipinski definition) is 2. The number of amides is 1. The first-order valence-electron chi connectivity index (χ1n) is 5.17. The number of carbonyl (C=O) groups is 1. The zero-order valence-corrected chi connectivity index (χ0v) is 8.81. The largest absolute Gasteiger partial charge is 0.367 e. The molecule has 0 unspecified atom stereocenters. The van der Waals surface area contributed by atoms with Crippen molar-refractivity contribution in [1.82, 2.24) is 15.3 Å². The van der Waals surface area contributed by atoms with Crippen LogP contribution < -0.4 is 5.32 Å². The molecule has 2 rings (SSSR count). The molecule has 2 aromatic rings. The molecule has 82 valence electrons. The van der Waals surface area contributed by atoms with E-state index >= 15 is 0 Å². The van der Waals surface area contributed by atoms with Crippen molar-refractivity contribution in [3.63, 3.8) is 0 Å². The summed E-state index contributed by atoms with van der Waals surface area (Å²) in [5, 5.41) is 2.83. The molecule has 0 fully saturated rings. The Hall–Kier alpha value is -2.10. The van der Waals surface area contributed by atoms with E-state index in [-0.39, 0.29) is 5.91 Å². The zero-order chi connectivity index (χ0) is 11.2. The quantitative estimate of drug-likeness (QED) is 0.809. The molecule has 2 aromatic heterocycles. The Morgan fingerprint density at radius 3 is 3.00 bits per heavy atom. The van der Waals surface area contributed by atoms with Crippen LogP contribution in [0.5, 0.6) is 0 Å². The monoisotopic (exact) mass is 215 g/mol. The molecule has 4 nitrogen and oxygen atoms in total. The number of hydrogen-bond acceptors (Lipinski definition) is 2. The topological polar surface area (TPSA) is 57.8 Å². The van der Waals surface area contributed by atoms with Crippen LogP contribution in [-0.4, -0.2) is 22.4 Å². The Balaban J connectivity index is 1.79. The smallest absolute Gasteiger partial charge is 0.252 e. The summed E-state index contributed by atoms with van der Waals surface area (Å²) >= 11 is 0. The first-order valence-corrected chi connectivity index (χ1v) is 5.17. The van der Waals surface area contributed by atoms with Crippen LogP contribution in [0, 0.1) is 0 Å². The first-order chi connectivity index (χ1) is 7.86. The van der Waals surface area contributed by atoms with E-state index in [1.807, 2.05) is 18.2 Å². The number of aromatic nitrogens is 2. The molecule has 0 radical (unpaired) electrons. The van der Waals surface area contributed by atoms with E-state index < -0.39 is 0 Å². The number of nitrogens with one attached hydrogen (secondary N) is 2. The summed E-state index contributed by atoms with van der Waals surface area (Å²) in [5.74, 6) is -0.0582. The third kappa shape index (κ3) is 2.70. The Bertz CT molecular complexity index is 437. The van der Waals surface area contributed by atoms with Crippen LogP contribution in [0.3, 0.4) is 0 Å². The number of aromatic amines is 1. The van der Waals surface area contributed by atoms with E-state index in [4.69, 9.17) is 0 Å². The maximum absolute atomic E-state index is 11.5. The van der Waals surface area contributed by atoms with Crippen molar-refractivity contribution in [3.8, 4) is 0 Å². The lowest BCUT2D eigenvalue weighted by Crippen LogP contribution is -2.25. The summed E-state index contributed by atoms with van der Waals surface area (Å²) < 4.78 is 0. The highest BCUT2D eigenvalue weighted by atomic mass is 16.1. The maximum Gasteiger partial charge on any atom is 0.252 e. The van der Waals surface area contributed by atoms with E-state index in [9.17, 15) is 4.79 Å². The van der Waals surface area contributed by atoms with Gasteiger partial charge >= 0.3 is 0 Å². The van der Waals surface area contributed by atoms with Crippen LogP contribution in [0.4, 0.5) is 0 Å². The standard InChI is InChI=1S/C12H13N3O/c16-12(10-4-7-13-9-10)15-8-5-11-3-1-2-6-14-11/h1-4,6-7,9,13H,5,8H2,(H,15,16). The van der Waals surface area contributed by atoms with Crippen LogP contribution in [0.1, 0.15) is 16.1 Å². The summed E-state index contributed by atoms with van der Waals surface area (Å²) in [6.07, 6.45) is 5.91. The predicted octanol–water partition coefficient (Wildman–Crippen LogP) is 1.38. The van der Waals surface area contributed by atoms with Gasteiger partial charge in [0.2, 0.25) is 0 Å². The highest BCUT2D eigenvalue weighted by Gasteiger charge is 2.04. The fourth-order valence-corrected chi connectivity index (χ4v) is 1.42. The fraction of sp³-hybridized carbons (Fsp3) is 0.167. The molecule has 0 aliphatic rings. The van der Waals surface area contributed by atoms with Gasteiger partial charge in [0.05, 0.1) is 5.56 Å². The highest BCUT2D eigenvalue weighted by molar-refractivity contribution is 5.93. The molecule has 0 aliphatic heterocycles. The number of pyridine rings is 1. The van der Waals surface area contributed by atoms with Gasteiger partial charge in [0.1, 0.15) is 0 Å². The van der Waals surface area contributed by atoms with Crippen LogP contribution >= 0.6 is 0 Å². The minimum Gasteiger partial charge on any atom is -0.367 e. The van der Waals surface area contributed by atoms with Crippen molar-refractivity contribution < 1.29 is 4.79 Å². The molecule has 0 saturated carbocycles. The minimum absolute atomic E-state index is 0.0582. The average Bonchev–Trinajstić information content (AvgIpc) is 2.84.